The molecule has 2 atom stereocenters. The summed E-state index contributed by atoms with van der Waals surface area (Å²) in [6.45, 7) is 8.70. The first-order valence-corrected chi connectivity index (χ1v) is 8.10. The SMILES string of the molecule is CC(NC(=O)N(CCO)C1CCc2ccccc21)C(C)(C)C. The molecule has 122 valence electrons. The van der Waals surface area contributed by atoms with Gasteiger partial charge in [-0.25, -0.2) is 4.79 Å². The van der Waals surface area contributed by atoms with E-state index in [0.29, 0.717) is 6.54 Å². The minimum absolute atomic E-state index is 0.00806. The van der Waals surface area contributed by atoms with Gasteiger partial charge in [0.05, 0.1) is 12.6 Å². The highest BCUT2D eigenvalue weighted by Gasteiger charge is 2.32. The molecule has 0 spiro atoms. The Morgan fingerprint density at radius 2 is 2.09 bits per heavy atom. The van der Waals surface area contributed by atoms with Crippen LogP contribution in [0.4, 0.5) is 4.79 Å². The van der Waals surface area contributed by atoms with Crippen molar-refractivity contribution in [1.82, 2.24) is 10.2 Å². The zero-order chi connectivity index (χ0) is 16.3. The molecule has 4 nitrogen and oxygen atoms in total. The van der Waals surface area contributed by atoms with Crippen molar-refractivity contribution in [2.24, 2.45) is 5.41 Å². The average molecular weight is 304 g/mol. The van der Waals surface area contributed by atoms with Crippen LogP contribution in [0.1, 0.15) is 51.3 Å². The van der Waals surface area contributed by atoms with Crippen LogP contribution in [-0.4, -0.2) is 35.2 Å². The zero-order valence-electron chi connectivity index (χ0n) is 14.1. The Balaban J connectivity index is 2.15. The number of nitrogens with one attached hydrogen (secondary N) is 1. The van der Waals surface area contributed by atoms with Crippen molar-refractivity contribution in [2.75, 3.05) is 13.2 Å². The Bertz CT molecular complexity index is 522. The van der Waals surface area contributed by atoms with Crippen molar-refractivity contribution < 1.29 is 9.90 Å². The van der Waals surface area contributed by atoms with Crippen molar-refractivity contribution in [1.29, 1.82) is 0 Å². The number of hydrogen-bond donors (Lipinski definition) is 2. The number of rotatable bonds is 4. The standard InChI is InChI=1S/C18H28N2O2/c1-13(18(2,3)4)19-17(22)20(11-12-21)16-10-9-14-7-5-6-8-15(14)16/h5-8,13,16,21H,9-12H2,1-4H3,(H,19,22). The van der Waals surface area contributed by atoms with E-state index >= 15 is 0 Å². The van der Waals surface area contributed by atoms with Gasteiger partial charge in [0, 0.05) is 12.6 Å². The molecule has 0 saturated carbocycles. The molecule has 2 rings (SSSR count). The van der Waals surface area contributed by atoms with E-state index < -0.39 is 0 Å². The molecular formula is C18H28N2O2. The van der Waals surface area contributed by atoms with Gasteiger partial charge in [0.2, 0.25) is 0 Å². The molecule has 0 fully saturated rings. The number of aliphatic hydroxyl groups is 1. The molecule has 4 heteroatoms. The van der Waals surface area contributed by atoms with Gasteiger partial charge in [0.15, 0.2) is 0 Å². The van der Waals surface area contributed by atoms with Gasteiger partial charge in [0.1, 0.15) is 0 Å². The van der Waals surface area contributed by atoms with E-state index in [-0.39, 0.29) is 30.1 Å². The second-order valence-electron chi connectivity index (χ2n) is 7.21. The number of nitrogens with zero attached hydrogens (tertiary/aromatic N) is 1. The Morgan fingerprint density at radius 3 is 2.73 bits per heavy atom. The molecule has 1 aromatic rings. The molecule has 0 bridgehead atoms. The number of carbonyl (C=O) groups excluding carboxylic acids is 1. The minimum atomic E-state index is -0.0850. The van der Waals surface area contributed by atoms with E-state index in [1.54, 1.807) is 4.90 Å². The highest BCUT2D eigenvalue weighted by Crippen LogP contribution is 2.35. The lowest BCUT2D eigenvalue weighted by Crippen LogP contribution is -2.49. The second kappa shape index (κ2) is 6.69. The van der Waals surface area contributed by atoms with Gasteiger partial charge < -0.3 is 15.3 Å². The predicted molar refractivity (Wildman–Crippen MR) is 88.7 cm³/mol. The summed E-state index contributed by atoms with van der Waals surface area (Å²) in [5.41, 5.74) is 2.54. The monoisotopic (exact) mass is 304 g/mol. The Hall–Kier alpha value is -1.55. The van der Waals surface area contributed by atoms with Crippen LogP contribution in [0.2, 0.25) is 0 Å². The molecule has 0 heterocycles. The van der Waals surface area contributed by atoms with Crippen LogP contribution < -0.4 is 5.32 Å². The molecular weight excluding hydrogens is 276 g/mol. The molecule has 0 aliphatic heterocycles. The molecule has 1 aliphatic rings. The topological polar surface area (TPSA) is 52.6 Å². The normalized spacial score (nSPS) is 18.7. The smallest absolute Gasteiger partial charge is 0.318 e. The summed E-state index contributed by atoms with van der Waals surface area (Å²) in [6, 6.07) is 8.33. The maximum absolute atomic E-state index is 12.7. The molecule has 0 saturated heterocycles. The van der Waals surface area contributed by atoms with Crippen molar-refractivity contribution in [3.05, 3.63) is 35.4 Å². The van der Waals surface area contributed by atoms with E-state index in [1.807, 2.05) is 19.1 Å². The third-order valence-corrected chi connectivity index (χ3v) is 4.72. The lowest BCUT2D eigenvalue weighted by atomic mass is 9.88. The Labute approximate surface area is 133 Å². The molecule has 0 radical (unpaired) electrons. The summed E-state index contributed by atoms with van der Waals surface area (Å²) >= 11 is 0. The van der Waals surface area contributed by atoms with Crippen LogP contribution in [0.5, 0.6) is 0 Å². The quantitative estimate of drug-likeness (QED) is 0.898. The van der Waals surface area contributed by atoms with Gasteiger partial charge in [-0.15, -0.1) is 0 Å². The average Bonchev–Trinajstić information content (AvgIpc) is 2.87. The van der Waals surface area contributed by atoms with Gasteiger partial charge in [-0.05, 0) is 36.3 Å². The highest BCUT2D eigenvalue weighted by molar-refractivity contribution is 5.75. The molecule has 2 N–H and O–H groups in total. The van der Waals surface area contributed by atoms with E-state index in [9.17, 15) is 9.90 Å². The fourth-order valence-corrected chi connectivity index (χ4v) is 2.85. The van der Waals surface area contributed by atoms with Crippen LogP contribution in [0.25, 0.3) is 0 Å². The Morgan fingerprint density at radius 1 is 1.41 bits per heavy atom. The number of urea groups is 1. The number of benzene rings is 1. The van der Waals surface area contributed by atoms with Crippen molar-refractivity contribution in [3.63, 3.8) is 0 Å². The summed E-state index contributed by atoms with van der Waals surface area (Å²) in [4.78, 5) is 14.5. The third kappa shape index (κ3) is 3.61. The lowest BCUT2D eigenvalue weighted by Gasteiger charge is -2.34. The number of fused-ring (bicyclic) bond motifs is 1. The van der Waals surface area contributed by atoms with E-state index in [4.69, 9.17) is 0 Å². The molecule has 0 aromatic heterocycles. The van der Waals surface area contributed by atoms with Gasteiger partial charge in [-0.3, -0.25) is 0 Å². The number of aliphatic hydroxyl groups excluding tert-OH is 1. The van der Waals surface area contributed by atoms with Crippen LogP contribution in [0.15, 0.2) is 24.3 Å². The van der Waals surface area contributed by atoms with Crippen LogP contribution in [0, 0.1) is 5.41 Å². The van der Waals surface area contributed by atoms with Crippen LogP contribution >= 0.6 is 0 Å². The Kier molecular flexibility index (Phi) is 5.12. The first kappa shape index (κ1) is 16.8. The van der Waals surface area contributed by atoms with Crippen molar-refractivity contribution in [2.45, 2.75) is 52.6 Å². The molecule has 1 aromatic carbocycles. The second-order valence-corrected chi connectivity index (χ2v) is 7.21. The molecule has 2 unspecified atom stereocenters. The van der Waals surface area contributed by atoms with Gasteiger partial charge in [-0.1, -0.05) is 45.0 Å². The number of amides is 2. The zero-order valence-corrected chi connectivity index (χ0v) is 14.1. The lowest BCUT2D eigenvalue weighted by molar-refractivity contribution is 0.142. The summed E-state index contributed by atoms with van der Waals surface area (Å²) in [7, 11) is 0. The predicted octanol–water partition coefficient (Wildman–Crippen LogP) is 3.11. The third-order valence-electron chi connectivity index (χ3n) is 4.72. The maximum atomic E-state index is 12.7. The van der Waals surface area contributed by atoms with Gasteiger partial charge in [0.25, 0.3) is 0 Å². The molecule has 2 amide bonds. The molecule has 22 heavy (non-hydrogen) atoms. The number of hydrogen-bond acceptors (Lipinski definition) is 2. The van der Waals surface area contributed by atoms with Crippen LogP contribution in [0.3, 0.4) is 0 Å². The van der Waals surface area contributed by atoms with Crippen LogP contribution in [-0.2, 0) is 6.42 Å². The highest BCUT2D eigenvalue weighted by atomic mass is 16.3. The summed E-state index contributed by atoms with van der Waals surface area (Å²) < 4.78 is 0. The van der Waals surface area contributed by atoms with Crippen molar-refractivity contribution in [3.8, 4) is 0 Å². The first-order valence-electron chi connectivity index (χ1n) is 8.10. The van der Waals surface area contributed by atoms with Gasteiger partial charge >= 0.3 is 6.03 Å². The summed E-state index contributed by atoms with van der Waals surface area (Å²) in [6.07, 6.45) is 1.92. The fourth-order valence-electron chi connectivity index (χ4n) is 2.85. The summed E-state index contributed by atoms with van der Waals surface area (Å²) in [5.74, 6) is 0. The fraction of sp³-hybridized carbons (Fsp3) is 0.611. The van der Waals surface area contributed by atoms with Gasteiger partial charge in [-0.2, -0.15) is 0 Å². The van der Waals surface area contributed by atoms with E-state index in [2.05, 4.69) is 38.2 Å². The first-order chi connectivity index (χ1) is 10.3. The van der Waals surface area contributed by atoms with E-state index in [0.717, 1.165) is 12.8 Å². The largest absolute Gasteiger partial charge is 0.395 e. The molecule has 1 aliphatic carbocycles. The number of carbonyl (C=O) groups is 1. The van der Waals surface area contributed by atoms with Crippen molar-refractivity contribution >= 4 is 6.03 Å². The maximum Gasteiger partial charge on any atom is 0.318 e. The number of aryl methyl sites for hydroxylation is 1. The summed E-state index contributed by atoms with van der Waals surface area (Å²) in [5, 5.41) is 12.5. The minimum Gasteiger partial charge on any atom is -0.395 e. The van der Waals surface area contributed by atoms with E-state index in [1.165, 1.54) is 11.1 Å².